The Morgan fingerprint density at radius 2 is 1.90 bits per heavy atom. The van der Waals surface area contributed by atoms with Crippen molar-refractivity contribution in [2.75, 3.05) is 20.2 Å². The molecule has 7 nitrogen and oxygen atoms in total. The Kier molecular flexibility index (Phi) is 6.42. The summed E-state index contributed by atoms with van der Waals surface area (Å²) in [7, 11) is 1.63. The molecule has 0 fully saturated rings. The summed E-state index contributed by atoms with van der Waals surface area (Å²) in [5, 5.41) is 12.2. The largest absolute Gasteiger partial charge is 0.497 e. The first-order valence-corrected chi connectivity index (χ1v) is 10.7. The molecular formula is C22H22FN5O2S. The van der Waals surface area contributed by atoms with Crippen LogP contribution >= 0.6 is 11.3 Å². The highest BCUT2D eigenvalue weighted by atomic mass is 32.1. The van der Waals surface area contributed by atoms with Gasteiger partial charge in [0.15, 0.2) is 5.82 Å². The quantitative estimate of drug-likeness (QED) is 0.439. The maximum Gasteiger partial charge on any atom is 0.314 e. The van der Waals surface area contributed by atoms with Crippen LogP contribution in [0.25, 0.3) is 16.3 Å². The summed E-state index contributed by atoms with van der Waals surface area (Å²) in [5.41, 5.74) is 2.70. The molecule has 2 amide bonds. The van der Waals surface area contributed by atoms with Crippen LogP contribution in [0.15, 0.2) is 53.9 Å². The molecule has 2 aromatic carbocycles. The van der Waals surface area contributed by atoms with Crippen molar-refractivity contribution in [3.8, 4) is 17.1 Å². The van der Waals surface area contributed by atoms with Crippen molar-refractivity contribution < 1.29 is 13.9 Å². The molecule has 0 saturated carbocycles. The van der Waals surface area contributed by atoms with E-state index in [-0.39, 0.29) is 11.8 Å². The van der Waals surface area contributed by atoms with Gasteiger partial charge in [0, 0.05) is 30.5 Å². The van der Waals surface area contributed by atoms with Crippen molar-refractivity contribution in [1.82, 2.24) is 25.2 Å². The van der Waals surface area contributed by atoms with E-state index in [1.54, 1.807) is 23.8 Å². The number of thiazole rings is 1. The second-order valence-electron chi connectivity index (χ2n) is 6.90. The standard InChI is InChI=1S/C22H22FN5O2S/c1-30-19-7-5-15(6-8-19)9-11-24-21(29)25-12-10-18-14-31-22-26-20(27-28(18)22)16-3-2-4-17(23)13-16/h2-8,13-14H,9-12H2,1H3,(H2,24,25,29). The third-order valence-electron chi connectivity index (χ3n) is 4.76. The molecule has 0 aliphatic rings. The Morgan fingerprint density at radius 3 is 2.65 bits per heavy atom. The van der Waals surface area contributed by atoms with Gasteiger partial charge in [-0.1, -0.05) is 24.3 Å². The molecule has 0 atom stereocenters. The summed E-state index contributed by atoms with van der Waals surface area (Å²) in [6.07, 6.45) is 1.35. The zero-order chi connectivity index (χ0) is 21.6. The number of carbonyl (C=O) groups is 1. The van der Waals surface area contributed by atoms with Crippen molar-refractivity contribution in [2.45, 2.75) is 12.8 Å². The third-order valence-corrected chi connectivity index (χ3v) is 5.62. The Morgan fingerprint density at radius 1 is 1.13 bits per heavy atom. The van der Waals surface area contributed by atoms with Crippen LogP contribution in [0, 0.1) is 5.82 Å². The molecule has 4 aromatic rings. The highest BCUT2D eigenvalue weighted by Gasteiger charge is 2.12. The highest BCUT2D eigenvalue weighted by Crippen LogP contribution is 2.21. The van der Waals surface area contributed by atoms with E-state index in [1.807, 2.05) is 29.6 Å². The number of nitrogens with zero attached hydrogens (tertiary/aromatic N) is 3. The molecule has 2 N–H and O–H groups in total. The van der Waals surface area contributed by atoms with Gasteiger partial charge in [-0.3, -0.25) is 0 Å². The lowest BCUT2D eigenvalue weighted by atomic mass is 10.1. The molecule has 31 heavy (non-hydrogen) atoms. The van der Waals surface area contributed by atoms with Crippen LogP contribution in [0.1, 0.15) is 11.3 Å². The number of hydrogen-bond acceptors (Lipinski definition) is 5. The predicted octanol–water partition coefficient (Wildman–Crippen LogP) is 3.69. The number of carbonyl (C=O) groups excluding carboxylic acids is 1. The number of urea groups is 1. The summed E-state index contributed by atoms with van der Waals surface area (Å²) in [5.74, 6) is 0.974. The first-order chi connectivity index (χ1) is 15.1. The van der Waals surface area contributed by atoms with Gasteiger partial charge >= 0.3 is 6.03 Å². The predicted molar refractivity (Wildman–Crippen MR) is 118 cm³/mol. The monoisotopic (exact) mass is 439 g/mol. The van der Waals surface area contributed by atoms with Gasteiger partial charge in [0.05, 0.1) is 12.8 Å². The van der Waals surface area contributed by atoms with E-state index in [0.29, 0.717) is 30.9 Å². The van der Waals surface area contributed by atoms with Crippen molar-refractivity contribution >= 4 is 22.3 Å². The topological polar surface area (TPSA) is 80.5 Å². The van der Waals surface area contributed by atoms with Gasteiger partial charge in [0.25, 0.3) is 0 Å². The van der Waals surface area contributed by atoms with E-state index < -0.39 is 0 Å². The molecule has 0 spiro atoms. The van der Waals surface area contributed by atoms with E-state index in [1.165, 1.54) is 23.5 Å². The summed E-state index contributed by atoms with van der Waals surface area (Å²) in [4.78, 5) is 17.2. The lowest BCUT2D eigenvalue weighted by Gasteiger charge is -2.08. The molecule has 0 aliphatic heterocycles. The minimum atomic E-state index is -0.321. The number of hydrogen-bond donors (Lipinski definition) is 2. The number of methoxy groups -OCH3 is 1. The Labute approximate surface area is 182 Å². The second-order valence-corrected chi connectivity index (χ2v) is 7.73. The fraction of sp³-hybridized carbons (Fsp3) is 0.227. The fourth-order valence-electron chi connectivity index (χ4n) is 3.13. The smallest absolute Gasteiger partial charge is 0.314 e. The number of amides is 2. The van der Waals surface area contributed by atoms with Gasteiger partial charge in [-0.15, -0.1) is 16.4 Å². The maximum absolute atomic E-state index is 13.5. The van der Waals surface area contributed by atoms with Gasteiger partial charge < -0.3 is 15.4 Å². The van der Waals surface area contributed by atoms with Gasteiger partial charge in [-0.05, 0) is 36.2 Å². The van der Waals surface area contributed by atoms with Crippen molar-refractivity contribution in [2.24, 2.45) is 0 Å². The van der Waals surface area contributed by atoms with Crippen LogP contribution < -0.4 is 15.4 Å². The van der Waals surface area contributed by atoms with Gasteiger partial charge in [-0.25, -0.2) is 13.7 Å². The maximum atomic E-state index is 13.5. The van der Waals surface area contributed by atoms with Gasteiger partial charge in [-0.2, -0.15) is 4.98 Å². The van der Waals surface area contributed by atoms with Crippen LogP contribution in [-0.2, 0) is 12.8 Å². The lowest BCUT2D eigenvalue weighted by molar-refractivity contribution is 0.241. The van der Waals surface area contributed by atoms with Crippen molar-refractivity contribution in [3.63, 3.8) is 0 Å². The summed E-state index contributed by atoms with van der Waals surface area (Å²) in [6.45, 7) is 1.01. The number of ether oxygens (including phenoxy) is 1. The van der Waals surface area contributed by atoms with Crippen LogP contribution in [0.4, 0.5) is 9.18 Å². The van der Waals surface area contributed by atoms with Gasteiger partial charge in [0.2, 0.25) is 4.96 Å². The number of nitrogens with one attached hydrogen (secondary N) is 2. The molecule has 0 radical (unpaired) electrons. The van der Waals surface area contributed by atoms with Crippen LogP contribution in [0.5, 0.6) is 5.75 Å². The average molecular weight is 440 g/mol. The zero-order valence-corrected chi connectivity index (χ0v) is 17.8. The Balaban J connectivity index is 1.25. The van der Waals surface area contributed by atoms with Crippen LogP contribution in [0.2, 0.25) is 0 Å². The van der Waals surface area contributed by atoms with E-state index in [4.69, 9.17) is 4.74 Å². The van der Waals surface area contributed by atoms with E-state index >= 15 is 0 Å². The Hall–Kier alpha value is -3.46. The van der Waals surface area contributed by atoms with E-state index in [9.17, 15) is 9.18 Å². The van der Waals surface area contributed by atoms with Gasteiger partial charge in [0.1, 0.15) is 11.6 Å². The number of rotatable bonds is 8. The SMILES string of the molecule is COc1ccc(CCNC(=O)NCCc2csc3nc(-c4cccc(F)c4)nn23)cc1. The molecule has 0 aliphatic carbocycles. The molecule has 160 valence electrons. The molecule has 0 unspecified atom stereocenters. The summed E-state index contributed by atoms with van der Waals surface area (Å²) >= 11 is 1.46. The highest BCUT2D eigenvalue weighted by molar-refractivity contribution is 7.15. The molecular weight excluding hydrogens is 417 g/mol. The van der Waals surface area contributed by atoms with Crippen molar-refractivity contribution in [1.29, 1.82) is 0 Å². The molecule has 0 bridgehead atoms. The molecule has 4 rings (SSSR count). The number of halogens is 1. The van der Waals surface area contributed by atoms with E-state index in [2.05, 4.69) is 20.7 Å². The van der Waals surface area contributed by atoms with Crippen LogP contribution in [0.3, 0.4) is 0 Å². The zero-order valence-electron chi connectivity index (χ0n) is 17.0. The fourth-order valence-corrected chi connectivity index (χ4v) is 3.98. The number of aromatic nitrogens is 3. The molecule has 0 saturated heterocycles. The number of fused-ring (bicyclic) bond motifs is 1. The normalized spacial score (nSPS) is 10.9. The second kappa shape index (κ2) is 9.57. The summed E-state index contributed by atoms with van der Waals surface area (Å²) in [6, 6.07) is 13.8. The van der Waals surface area contributed by atoms with E-state index in [0.717, 1.165) is 28.4 Å². The first-order valence-electron chi connectivity index (χ1n) is 9.86. The lowest BCUT2D eigenvalue weighted by Crippen LogP contribution is -2.37. The first kappa shape index (κ1) is 20.8. The van der Waals surface area contributed by atoms with Crippen molar-refractivity contribution in [3.05, 3.63) is 71.0 Å². The molecule has 2 aromatic heterocycles. The van der Waals surface area contributed by atoms with Crippen LogP contribution in [-0.4, -0.2) is 40.8 Å². The minimum Gasteiger partial charge on any atom is -0.497 e. The molecule has 9 heteroatoms. The number of benzene rings is 2. The minimum absolute atomic E-state index is 0.209. The Bertz CT molecular complexity index is 1170. The molecule has 2 heterocycles. The average Bonchev–Trinajstić information content (AvgIpc) is 3.36. The summed E-state index contributed by atoms with van der Waals surface area (Å²) < 4.78 is 20.3. The third kappa shape index (κ3) is 5.18.